The van der Waals surface area contributed by atoms with Crippen LogP contribution < -0.4 is 10.1 Å². The summed E-state index contributed by atoms with van der Waals surface area (Å²) in [5.41, 5.74) is 2.34. The molecule has 7 heteroatoms. The Kier molecular flexibility index (Phi) is 5.95. The Morgan fingerprint density at radius 1 is 1.16 bits per heavy atom. The molecule has 2 amide bonds. The fourth-order valence-corrected chi connectivity index (χ4v) is 5.59. The van der Waals surface area contributed by atoms with Gasteiger partial charge in [0.05, 0.1) is 6.10 Å². The minimum absolute atomic E-state index is 0.0719. The Hall–Kier alpha value is -2.38. The van der Waals surface area contributed by atoms with Gasteiger partial charge in [0.2, 0.25) is 5.91 Å². The average Bonchev–Trinajstić information content (AvgIpc) is 3.07. The lowest BCUT2D eigenvalue weighted by Gasteiger charge is -2.47. The van der Waals surface area contributed by atoms with Crippen LogP contribution in [0.25, 0.3) is 0 Å². The summed E-state index contributed by atoms with van der Waals surface area (Å²) in [5.74, 6) is 0.611. The number of nitrogens with zero attached hydrogens (tertiary/aromatic N) is 2. The summed E-state index contributed by atoms with van der Waals surface area (Å²) < 4.78 is 12.2. The Morgan fingerprint density at radius 3 is 2.75 bits per heavy atom. The predicted octanol–water partition coefficient (Wildman–Crippen LogP) is 2.85. The topological polar surface area (TPSA) is 71.1 Å². The first-order valence-corrected chi connectivity index (χ1v) is 12.0. The van der Waals surface area contributed by atoms with Gasteiger partial charge < -0.3 is 19.7 Å². The first-order valence-electron chi connectivity index (χ1n) is 12.0. The van der Waals surface area contributed by atoms with Crippen LogP contribution in [-0.4, -0.2) is 65.6 Å². The van der Waals surface area contributed by atoms with Crippen LogP contribution in [0, 0.1) is 0 Å². The molecule has 172 valence electrons. The Morgan fingerprint density at radius 2 is 1.97 bits per heavy atom. The molecule has 3 heterocycles. The number of nitrogens with one attached hydrogen (secondary N) is 1. The highest BCUT2D eigenvalue weighted by atomic mass is 16.5. The SMILES string of the molecule is C=C1CCC(N2Cc3cc(O[C@H]4CCCC[C@H]4N4CC(OCC)C4)ccc3C2=O)C(=O)N1. The molecule has 0 aromatic heterocycles. The number of piperidine rings is 1. The number of hydrogen-bond acceptors (Lipinski definition) is 5. The van der Waals surface area contributed by atoms with Crippen molar-refractivity contribution in [1.29, 1.82) is 0 Å². The van der Waals surface area contributed by atoms with Crippen molar-refractivity contribution in [2.24, 2.45) is 0 Å². The van der Waals surface area contributed by atoms with E-state index in [2.05, 4.69) is 16.8 Å². The molecule has 32 heavy (non-hydrogen) atoms. The molecule has 1 aliphatic carbocycles. The molecule has 7 nitrogen and oxygen atoms in total. The van der Waals surface area contributed by atoms with Crippen LogP contribution in [0.5, 0.6) is 5.75 Å². The highest BCUT2D eigenvalue weighted by Gasteiger charge is 2.40. The molecule has 3 atom stereocenters. The zero-order valence-electron chi connectivity index (χ0n) is 18.8. The van der Waals surface area contributed by atoms with Gasteiger partial charge in [-0.2, -0.15) is 0 Å². The highest BCUT2D eigenvalue weighted by Crippen LogP contribution is 2.34. The van der Waals surface area contributed by atoms with Crippen LogP contribution >= 0.6 is 0 Å². The maximum Gasteiger partial charge on any atom is 0.255 e. The van der Waals surface area contributed by atoms with Crippen molar-refractivity contribution in [2.45, 2.75) is 76.3 Å². The van der Waals surface area contributed by atoms with Crippen molar-refractivity contribution in [1.82, 2.24) is 15.1 Å². The molecular weight excluding hydrogens is 406 g/mol. The zero-order chi connectivity index (χ0) is 22.2. The monoisotopic (exact) mass is 439 g/mol. The summed E-state index contributed by atoms with van der Waals surface area (Å²) in [6.07, 6.45) is 6.47. The predicted molar refractivity (Wildman–Crippen MR) is 120 cm³/mol. The van der Waals surface area contributed by atoms with Gasteiger partial charge >= 0.3 is 0 Å². The number of amides is 2. The zero-order valence-corrected chi connectivity index (χ0v) is 18.8. The summed E-state index contributed by atoms with van der Waals surface area (Å²) in [6, 6.07) is 5.76. The third-order valence-electron chi connectivity index (χ3n) is 7.31. The molecular formula is C25H33N3O4. The van der Waals surface area contributed by atoms with E-state index >= 15 is 0 Å². The van der Waals surface area contributed by atoms with Crippen molar-refractivity contribution >= 4 is 11.8 Å². The number of carbonyl (C=O) groups excluding carboxylic acids is 2. The van der Waals surface area contributed by atoms with Crippen molar-refractivity contribution in [3.8, 4) is 5.75 Å². The minimum Gasteiger partial charge on any atom is -0.489 e. The van der Waals surface area contributed by atoms with E-state index in [0.717, 1.165) is 49.5 Å². The van der Waals surface area contributed by atoms with Crippen LogP contribution in [0.2, 0.25) is 0 Å². The summed E-state index contributed by atoms with van der Waals surface area (Å²) in [5, 5.41) is 2.79. The molecule has 0 bridgehead atoms. The largest absolute Gasteiger partial charge is 0.489 e. The summed E-state index contributed by atoms with van der Waals surface area (Å²) in [7, 11) is 0. The van der Waals surface area contributed by atoms with Gasteiger partial charge in [-0.15, -0.1) is 0 Å². The lowest BCUT2D eigenvalue weighted by molar-refractivity contribution is -0.126. The summed E-state index contributed by atoms with van der Waals surface area (Å²) >= 11 is 0. The Balaban J connectivity index is 1.26. The van der Waals surface area contributed by atoms with E-state index < -0.39 is 6.04 Å². The van der Waals surface area contributed by atoms with Crippen molar-refractivity contribution < 1.29 is 19.1 Å². The van der Waals surface area contributed by atoms with E-state index in [9.17, 15) is 9.59 Å². The first kappa shape index (κ1) is 21.5. The second-order valence-electron chi connectivity index (χ2n) is 9.44. The molecule has 3 aliphatic heterocycles. The number of rotatable bonds is 6. The van der Waals surface area contributed by atoms with Gasteiger partial charge in [0.1, 0.15) is 17.9 Å². The summed E-state index contributed by atoms with van der Waals surface area (Å²) in [4.78, 5) is 29.6. The van der Waals surface area contributed by atoms with E-state index in [4.69, 9.17) is 9.47 Å². The third kappa shape index (κ3) is 4.04. The highest BCUT2D eigenvalue weighted by molar-refractivity contribution is 6.01. The molecule has 1 aromatic rings. The second-order valence-corrected chi connectivity index (χ2v) is 9.44. The fourth-order valence-electron chi connectivity index (χ4n) is 5.59. The van der Waals surface area contributed by atoms with Crippen LogP contribution in [0.3, 0.4) is 0 Å². The van der Waals surface area contributed by atoms with Crippen LogP contribution in [-0.2, 0) is 16.1 Å². The number of ether oxygens (including phenoxy) is 2. The van der Waals surface area contributed by atoms with E-state index in [1.807, 2.05) is 25.1 Å². The first-order chi connectivity index (χ1) is 15.5. The second kappa shape index (κ2) is 8.87. The van der Waals surface area contributed by atoms with Crippen LogP contribution in [0.4, 0.5) is 0 Å². The molecule has 0 radical (unpaired) electrons. The van der Waals surface area contributed by atoms with E-state index in [-0.39, 0.29) is 17.9 Å². The molecule has 1 aromatic carbocycles. The quantitative estimate of drug-likeness (QED) is 0.738. The Labute approximate surface area is 189 Å². The van der Waals surface area contributed by atoms with Gasteiger partial charge in [-0.05, 0) is 62.8 Å². The van der Waals surface area contributed by atoms with E-state index in [0.29, 0.717) is 37.1 Å². The van der Waals surface area contributed by atoms with Gasteiger partial charge in [0.15, 0.2) is 0 Å². The van der Waals surface area contributed by atoms with E-state index in [1.165, 1.54) is 12.8 Å². The molecule has 1 N–H and O–H groups in total. The number of fused-ring (bicyclic) bond motifs is 1. The normalized spacial score (nSPS) is 29.0. The maximum atomic E-state index is 13.0. The van der Waals surface area contributed by atoms with Crippen LogP contribution in [0.1, 0.15) is 61.4 Å². The number of carbonyl (C=O) groups is 2. The van der Waals surface area contributed by atoms with Gasteiger partial charge in [-0.1, -0.05) is 13.0 Å². The molecule has 1 saturated carbocycles. The van der Waals surface area contributed by atoms with Crippen molar-refractivity contribution in [3.63, 3.8) is 0 Å². The molecule has 1 unspecified atom stereocenters. The number of hydrogen-bond donors (Lipinski definition) is 1. The fraction of sp³-hybridized carbons (Fsp3) is 0.600. The number of benzene rings is 1. The number of likely N-dealkylation sites (tertiary alicyclic amines) is 1. The standard InChI is InChI=1S/C25H33N3O4/c1-3-31-19-14-27(15-19)21-6-4-5-7-23(21)32-18-9-10-20-17(12-18)13-28(25(20)30)22-11-8-16(2)26-24(22)29/h9-10,12,19,21-23H,2-8,11,13-15H2,1H3,(H,26,29)/t21-,22?,23+/m1/s1. The van der Waals surface area contributed by atoms with E-state index in [1.54, 1.807) is 4.90 Å². The smallest absolute Gasteiger partial charge is 0.255 e. The average molecular weight is 440 g/mol. The van der Waals surface area contributed by atoms with Crippen molar-refractivity contribution in [2.75, 3.05) is 19.7 Å². The summed E-state index contributed by atoms with van der Waals surface area (Å²) in [6.45, 7) is 9.07. The molecule has 4 aliphatic rings. The number of allylic oxidation sites excluding steroid dienone is 1. The van der Waals surface area contributed by atoms with Gasteiger partial charge in [0.25, 0.3) is 5.91 Å². The van der Waals surface area contributed by atoms with Crippen molar-refractivity contribution in [3.05, 3.63) is 41.6 Å². The van der Waals surface area contributed by atoms with Gasteiger partial charge in [-0.3, -0.25) is 14.5 Å². The lowest BCUT2D eigenvalue weighted by atomic mass is 9.89. The van der Waals surface area contributed by atoms with Crippen LogP contribution in [0.15, 0.2) is 30.5 Å². The lowest BCUT2D eigenvalue weighted by Crippen LogP contribution is -2.61. The molecule has 0 spiro atoms. The molecule has 5 rings (SSSR count). The Bertz CT molecular complexity index is 910. The maximum absolute atomic E-state index is 13.0. The third-order valence-corrected chi connectivity index (χ3v) is 7.31. The van der Waals surface area contributed by atoms with Gasteiger partial charge in [0, 0.05) is 43.5 Å². The van der Waals surface area contributed by atoms with Gasteiger partial charge in [-0.25, -0.2) is 0 Å². The molecule has 3 fully saturated rings. The minimum atomic E-state index is -0.433. The molecule has 2 saturated heterocycles.